The van der Waals surface area contributed by atoms with Crippen molar-refractivity contribution in [2.24, 2.45) is 0 Å². The van der Waals surface area contributed by atoms with Crippen LogP contribution in [0, 0.1) is 23.3 Å². The van der Waals surface area contributed by atoms with Crippen LogP contribution in [-0.4, -0.2) is 27.6 Å². The summed E-state index contributed by atoms with van der Waals surface area (Å²) >= 11 is 0. The molecule has 1 aromatic heterocycles. The van der Waals surface area contributed by atoms with Crippen molar-refractivity contribution in [2.45, 2.75) is 58.3 Å². The minimum atomic E-state index is -2.19. The Bertz CT molecular complexity index is 1810. The first kappa shape index (κ1) is 29.9. The lowest BCUT2D eigenvalue weighted by molar-refractivity contribution is 0.0884. The van der Waals surface area contributed by atoms with E-state index in [2.05, 4.69) is 10.3 Å². The molecule has 10 heteroatoms. The fraction of sp³-hybridized carbons (Fsp3) is 0.273. The van der Waals surface area contributed by atoms with Gasteiger partial charge in [0, 0.05) is 22.1 Å². The second-order valence-electron chi connectivity index (χ2n) is 12.7. The van der Waals surface area contributed by atoms with E-state index < -0.39 is 68.6 Å². The first-order valence-electron chi connectivity index (χ1n) is 13.5. The van der Waals surface area contributed by atoms with Crippen molar-refractivity contribution in [3.8, 4) is 5.75 Å². The molecule has 0 saturated carbocycles. The molecule has 0 spiro atoms. The number of pyridine rings is 1. The van der Waals surface area contributed by atoms with E-state index in [-0.39, 0.29) is 28.2 Å². The Hall–Kier alpha value is -4.60. The van der Waals surface area contributed by atoms with Crippen molar-refractivity contribution in [1.82, 2.24) is 4.98 Å². The fourth-order valence-electron chi connectivity index (χ4n) is 5.30. The van der Waals surface area contributed by atoms with Gasteiger partial charge in [-0.25, -0.2) is 22.5 Å². The Kier molecular flexibility index (Phi) is 6.95. The van der Waals surface area contributed by atoms with E-state index in [9.17, 15) is 37.1 Å². The molecule has 2 N–H and O–H groups in total. The van der Waals surface area contributed by atoms with Gasteiger partial charge in [-0.1, -0.05) is 59.7 Å². The fourth-order valence-corrected chi connectivity index (χ4v) is 5.30. The zero-order valence-corrected chi connectivity index (χ0v) is 24.2. The monoisotopic (exact) mass is 592 g/mol. The topological polar surface area (TPSA) is 96.4 Å². The number of amides is 1. The second-order valence-corrected chi connectivity index (χ2v) is 12.7. The first-order valence-corrected chi connectivity index (χ1v) is 13.5. The van der Waals surface area contributed by atoms with Crippen LogP contribution in [0.25, 0.3) is 10.9 Å². The smallest absolute Gasteiger partial charge is 0.255 e. The van der Waals surface area contributed by atoms with Crippen LogP contribution < -0.4 is 5.32 Å². The number of hydrogen-bond acceptors (Lipinski definition) is 5. The van der Waals surface area contributed by atoms with E-state index in [1.807, 2.05) is 41.5 Å². The van der Waals surface area contributed by atoms with Crippen molar-refractivity contribution in [1.29, 1.82) is 0 Å². The van der Waals surface area contributed by atoms with Gasteiger partial charge in [0.2, 0.25) is 0 Å². The third-order valence-corrected chi connectivity index (χ3v) is 7.56. The summed E-state index contributed by atoms with van der Waals surface area (Å²) in [7, 11) is 0. The number of nitrogens with one attached hydrogen (secondary N) is 1. The lowest BCUT2D eigenvalue weighted by atomic mass is 9.78. The number of ketones is 2. The maximum atomic E-state index is 14.5. The summed E-state index contributed by atoms with van der Waals surface area (Å²) in [5.74, 6) is -13.0. The molecule has 0 unspecified atom stereocenters. The van der Waals surface area contributed by atoms with Gasteiger partial charge in [-0.2, -0.15) is 0 Å². The largest absolute Gasteiger partial charge is 0.507 e. The van der Waals surface area contributed by atoms with E-state index in [1.54, 1.807) is 30.3 Å². The number of phenolic OH excluding ortho intramolecular Hbond substituents is 1. The predicted molar refractivity (Wildman–Crippen MR) is 153 cm³/mol. The Morgan fingerprint density at radius 1 is 0.791 bits per heavy atom. The average Bonchev–Trinajstić information content (AvgIpc) is 3.19. The molecule has 0 saturated heterocycles. The molecule has 3 aromatic carbocycles. The Morgan fingerprint density at radius 2 is 1.30 bits per heavy atom. The summed E-state index contributed by atoms with van der Waals surface area (Å²) in [4.78, 5) is 44.0. The normalized spacial score (nSPS) is 14.0. The number of carbonyl (C=O) groups excluding carboxylic acids is 3. The quantitative estimate of drug-likeness (QED) is 0.111. The lowest BCUT2D eigenvalue weighted by Gasteiger charge is -2.28. The first-order chi connectivity index (χ1) is 19.9. The highest BCUT2D eigenvalue weighted by Crippen LogP contribution is 2.41. The van der Waals surface area contributed by atoms with Gasteiger partial charge in [0.05, 0.1) is 28.0 Å². The van der Waals surface area contributed by atoms with Crippen LogP contribution in [0.15, 0.2) is 42.5 Å². The van der Waals surface area contributed by atoms with E-state index in [1.165, 1.54) is 12.1 Å². The number of fused-ring (bicyclic) bond motifs is 2. The molecule has 1 aliphatic rings. The Morgan fingerprint density at radius 3 is 1.79 bits per heavy atom. The molecule has 43 heavy (non-hydrogen) atoms. The van der Waals surface area contributed by atoms with Crippen molar-refractivity contribution in [2.75, 3.05) is 5.32 Å². The van der Waals surface area contributed by atoms with Crippen LogP contribution in [0.2, 0.25) is 0 Å². The molecule has 0 bridgehead atoms. The summed E-state index contributed by atoms with van der Waals surface area (Å²) in [6.07, 6.45) is 0. The van der Waals surface area contributed by atoms with Gasteiger partial charge in [0.25, 0.3) is 5.91 Å². The van der Waals surface area contributed by atoms with E-state index in [4.69, 9.17) is 0 Å². The number of anilines is 1. The molecule has 0 atom stereocenters. The van der Waals surface area contributed by atoms with Crippen LogP contribution in [0.5, 0.6) is 5.75 Å². The van der Waals surface area contributed by atoms with Crippen molar-refractivity contribution in [3.63, 3.8) is 0 Å². The van der Waals surface area contributed by atoms with Crippen LogP contribution in [0.4, 0.5) is 23.2 Å². The molecule has 0 fully saturated rings. The van der Waals surface area contributed by atoms with Gasteiger partial charge < -0.3 is 10.4 Å². The zero-order chi connectivity index (χ0) is 31.8. The number of aromatic hydroxyl groups is 1. The lowest BCUT2D eigenvalue weighted by Crippen LogP contribution is -2.21. The molecule has 0 aliphatic heterocycles. The number of phenols is 1. The van der Waals surface area contributed by atoms with Crippen molar-refractivity contribution < 1.29 is 37.1 Å². The van der Waals surface area contributed by atoms with Crippen LogP contribution in [0.1, 0.15) is 95.4 Å². The highest BCUT2D eigenvalue weighted by molar-refractivity contribution is 6.30. The third kappa shape index (κ3) is 4.84. The molecule has 0 radical (unpaired) electrons. The molecule has 5 rings (SSSR count). The molecule has 6 nitrogen and oxygen atoms in total. The molecular formula is C33H28F4N2O4. The molecule has 4 aromatic rings. The number of halogens is 4. The Labute approximate surface area is 244 Å². The number of rotatable bonds is 3. The Balaban J connectivity index is 1.58. The molecular weight excluding hydrogens is 564 g/mol. The van der Waals surface area contributed by atoms with E-state index in [0.29, 0.717) is 16.5 Å². The van der Waals surface area contributed by atoms with Gasteiger partial charge in [-0.05, 0) is 35.1 Å². The van der Waals surface area contributed by atoms with Gasteiger partial charge in [0.15, 0.2) is 34.8 Å². The standard InChI is InChI=1S/C33H28F4N2O4/c1-32(2,3)16-12-15(13-17(28(16)40)33(4,5)6)31(43)39-19-9-7-8-14-10-11-18(38-27(14)19)20-29(41)21-22(30(20)42)24(35)26(37)25(36)23(21)34/h7-13,20,40H,1-6H3,(H,39,43). The number of nitrogens with zero attached hydrogens (tertiary/aromatic N) is 1. The summed E-state index contributed by atoms with van der Waals surface area (Å²) < 4.78 is 56.7. The SMILES string of the molecule is CC(C)(C)c1cc(C(=O)Nc2cccc3ccc(C4C(=O)c5c(F)c(F)c(F)c(F)c5C4=O)nc23)cc(C(C)(C)C)c1O. The average molecular weight is 593 g/mol. The summed E-state index contributed by atoms with van der Waals surface area (Å²) in [5, 5.41) is 14.3. The minimum absolute atomic E-state index is 0.104. The number of Topliss-reactive ketones (excluding diaryl/α,β-unsaturated/α-hetero) is 2. The third-order valence-electron chi connectivity index (χ3n) is 7.56. The van der Waals surface area contributed by atoms with Crippen LogP contribution in [0.3, 0.4) is 0 Å². The van der Waals surface area contributed by atoms with Gasteiger partial charge in [0.1, 0.15) is 11.7 Å². The molecule has 1 amide bonds. The molecule has 222 valence electrons. The maximum Gasteiger partial charge on any atom is 0.255 e. The highest BCUT2D eigenvalue weighted by atomic mass is 19.2. The number of carbonyl (C=O) groups is 3. The van der Waals surface area contributed by atoms with Gasteiger partial charge >= 0.3 is 0 Å². The number of benzene rings is 3. The summed E-state index contributed by atoms with van der Waals surface area (Å²) in [6.45, 7) is 11.5. The van der Waals surface area contributed by atoms with Crippen molar-refractivity contribution >= 4 is 34.1 Å². The van der Waals surface area contributed by atoms with Crippen molar-refractivity contribution in [3.05, 3.63) is 99.2 Å². The van der Waals surface area contributed by atoms with Crippen LogP contribution >= 0.6 is 0 Å². The van der Waals surface area contributed by atoms with E-state index >= 15 is 0 Å². The van der Waals surface area contributed by atoms with Gasteiger partial charge in [-0.15, -0.1) is 0 Å². The molecule has 1 heterocycles. The highest BCUT2D eigenvalue weighted by Gasteiger charge is 2.47. The molecule has 1 aliphatic carbocycles. The summed E-state index contributed by atoms with van der Waals surface area (Å²) in [6, 6.07) is 10.9. The zero-order valence-electron chi connectivity index (χ0n) is 24.2. The van der Waals surface area contributed by atoms with Crippen LogP contribution in [-0.2, 0) is 10.8 Å². The number of para-hydroxylation sites is 1. The summed E-state index contributed by atoms with van der Waals surface area (Å²) in [5.41, 5.74) is -1.72. The maximum absolute atomic E-state index is 14.5. The second kappa shape index (κ2) is 10.00. The number of hydrogen-bond donors (Lipinski definition) is 2. The van der Waals surface area contributed by atoms with Gasteiger partial charge in [-0.3, -0.25) is 14.4 Å². The predicted octanol–water partition coefficient (Wildman–Crippen LogP) is 7.51. The van der Waals surface area contributed by atoms with E-state index in [0.717, 1.165) is 0 Å². The number of aromatic nitrogens is 1. The minimum Gasteiger partial charge on any atom is -0.507 e.